The summed E-state index contributed by atoms with van der Waals surface area (Å²) in [6.07, 6.45) is 2.75. The van der Waals surface area contributed by atoms with Crippen molar-refractivity contribution in [3.63, 3.8) is 0 Å². The van der Waals surface area contributed by atoms with Crippen LogP contribution in [-0.2, 0) is 0 Å². The third-order valence-electron chi connectivity index (χ3n) is 2.30. The molecule has 0 atom stereocenters. The summed E-state index contributed by atoms with van der Waals surface area (Å²) in [6, 6.07) is 6.05. The van der Waals surface area contributed by atoms with Crippen LogP contribution in [0.3, 0.4) is 0 Å². The highest BCUT2D eigenvalue weighted by Crippen LogP contribution is 2.24. The molecule has 21 heavy (non-hydrogen) atoms. The molecule has 0 unspecified atom stereocenters. The maximum atomic E-state index is 5.58. The molecule has 0 fully saturated rings. The van der Waals surface area contributed by atoms with Gasteiger partial charge in [0.05, 0.1) is 6.10 Å². The minimum atomic E-state index is 0.0131. The van der Waals surface area contributed by atoms with E-state index in [1.165, 1.54) is 11.8 Å². The van der Waals surface area contributed by atoms with Crippen LogP contribution in [0.5, 0.6) is 6.01 Å². The van der Waals surface area contributed by atoms with Gasteiger partial charge in [0.15, 0.2) is 0 Å². The first-order valence-electron chi connectivity index (χ1n) is 6.93. The fraction of sp³-hybridized carbons (Fsp3) is 0.429. The molecule has 7 heteroatoms. The van der Waals surface area contributed by atoms with Crippen LogP contribution in [0.25, 0.3) is 0 Å². The molecule has 2 heterocycles. The Morgan fingerprint density at radius 1 is 1.24 bits per heavy atom. The van der Waals surface area contributed by atoms with Gasteiger partial charge in [0.25, 0.3) is 0 Å². The maximum Gasteiger partial charge on any atom is 0.322 e. The van der Waals surface area contributed by atoms with Gasteiger partial charge >= 0.3 is 6.01 Å². The minimum absolute atomic E-state index is 0.0131. The molecular weight excluding hydrogens is 286 g/mol. The summed E-state index contributed by atoms with van der Waals surface area (Å²) in [7, 11) is 0. The number of rotatable bonds is 7. The van der Waals surface area contributed by atoms with E-state index in [4.69, 9.17) is 4.74 Å². The van der Waals surface area contributed by atoms with E-state index in [1.807, 2.05) is 32.0 Å². The Morgan fingerprint density at radius 3 is 2.76 bits per heavy atom. The summed E-state index contributed by atoms with van der Waals surface area (Å²) in [6.45, 7) is 6.77. The first kappa shape index (κ1) is 15.5. The number of nitrogens with one attached hydrogen (secondary N) is 1. The molecule has 0 saturated heterocycles. The van der Waals surface area contributed by atoms with Gasteiger partial charge < -0.3 is 10.1 Å². The SMILES string of the molecule is CCCNc1nc(OC(C)C)nc(Sc2ccccn2)n1. The first-order valence-corrected chi connectivity index (χ1v) is 7.74. The van der Waals surface area contributed by atoms with Crippen LogP contribution in [0, 0.1) is 0 Å². The van der Waals surface area contributed by atoms with Gasteiger partial charge in [-0.2, -0.15) is 15.0 Å². The molecule has 0 spiro atoms. The standard InChI is InChI=1S/C14H19N5OS/c1-4-8-16-12-17-13(20-10(2)3)19-14(18-12)21-11-7-5-6-9-15-11/h5-7,9-10H,4,8H2,1-3H3,(H,16,17,18,19). The van der Waals surface area contributed by atoms with Crippen LogP contribution in [-0.4, -0.2) is 32.6 Å². The van der Waals surface area contributed by atoms with Gasteiger partial charge in [0, 0.05) is 12.7 Å². The molecule has 2 rings (SSSR count). The van der Waals surface area contributed by atoms with E-state index < -0.39 is 0 Å². The molecule has 6 nitrogen and oxygen atoms in total. The van der Waals surface area contributed by atoms with Gasteiger partial charge in [-0.15, -0.1) is 0 Å². The Hall–Kier alpha value is -1.89. The van der Waals surface area contributed by atoms with Crippen molar-refractivity contribution in [1.82, 2.24) is 19.9 Å². The number of aromatic nitrogens is 4. The molecule has 112 valence electrons. The molecule has 1 N–H and O–H groups in total. The number of hydrogen-bond acceptors (Lipinski definition) is 7. The highest BCUT2D eigenvalue weighted by Gasteiger charge is 2.10. The number of hydrogen-bond donors (Lipinski definition) is 1. The van der Waals surface area contributed by atoms with Crippen LogP contribution in [0.2, 0.25) is 0 Å². The number of ether oxygens (including phenoxy) is 1. The summed E-state index contributed by atoms with van der Waals surface area (Å²) < 4.78 is 5.58. The average Bonchev–Trinajstić information content (AvgIpc) is 2.45. The summed E-state index contributed by atoms with van der Waals surface area (Å²) in [4.78, 5) is 17.2. The van der Waals surface area contributed by atoms with Crippen molar-refractivity contribution in [2.24, 2.45) is 0 Å². The fourth-order valence-electron chi connectivity index (χ4n) is 1.46. The van der Waals surface area contributed by atoms with Gasteiger partial charge in [0.2, 0.25) is 11.1 Å². The normalized spacial score (nSPS) is 10.7. The van der Waals surface area contributed by atoms with E-state index in [0.717, 1.165) is 18.0 Å². The van der Waals surface area contributed by atoms with E-state index >= 15 is 0 Å². The summed E-state index contributed by atoms with van der Waals surface area (Å²) >= 11 is 1.38. The summed E-state index contributed by atoms with van der Waals surface area (Å²) in [5, 5.41) is 4.56. The lowest BCUT2D eigenvalue weighted by molar-refractivity contribution is 0.219. The highest BCUT2D eigenvalue weighted by atomic mass is 32.2. The third kappa shape index (κ3) is 5.18. The van der Waals surface area contributed by atoms with Gasteiger partial charge in [0.1, 0.15) is 5.03 Å². The van der Waals surface area contributed by atoms with Gasteiger partial charge in [-0.25, -0.2) is 4.98 Å². The van der Waals surface area contributed by atoms with Crippen molar-refractivity contribution in [2.45, 2.75) is 43.5 Å². The second-order valence-electron chi connectivity index (χ2n) is 4.59. The minimum Gasteiger partial charge on any atom is -0.461 e. The van der Waals surface area contributed by atoms with Crippen molar-refractivity contribution in [3.8, 4) is 6.01 Å². The van der Waals surface area contributed by atoms with E-state index in [9.17, 15) is 0 Å². The lowest BCUT2D eigenvalue weighted by atomic mass is 10.5. The molecule has 0 aromatic carbocycles. The molecule has 0 aliphatic heterocycles. The zero-order chi connectivity index (χ0) is 15.1. The quantitative estimate of drug-likeness (QED) is 0.842. The van der Waals surface area contributed by atoms with Crippen LogP contribution in [0.4, 0.5) is 5.95 Å². The smallest absolute Gasteiger partial charge is 0.322 e. The topological polar surface area (TPSA) is 72.8 Å². The van der Waals surface area contributed by atoms with Crippen LogP contribution in [0.15, 0.2) is 34.6 Å². The Bertz CT molecular complexity index is 565. The lowest BCUT2D eigenvalue weighted by Gasteiger charge is -2.10. The van der Waals surface area contributed by atoms with Gasteiger partial charge in [-0.1, -0.05) is 13.0 Å². The Labute approximate surface area is 128 Å². The second kappa shape index (κ2) is 7.78. The Morgan fingerprint density at radius 2 is 2.10 bits per heavy atom. The van der Waals surface area contributed by atoms with Gasteiger partial charge in [-0.3, -0.25) is 0 Å². The van der Waals surface area contributed by atoms with Crippen molar-refractivity contribution in [3.05, 3.63) is 24.4 Å². The molecule has 2 aromatic rings. The molecular formula is C14H19N5OS. The predicted octanol–water partition coefficient (Wildman–Crippen LogP) is 3.03. The largest absolute Gasteiger partial charge is 0.461 e. The number of nitrogens with zero attached hydrogens (tertiary/aromatic N) is 4. The Kier molecular flexibility index (Phi) is 5.74. The zero-order valence-corrected chi connectivity index (χ0v) is 13.2. The maximum absolute atomic E-state index is 5.58. The molecule has 0 aliphatic rings. The summed E-state index contributed by atoms with van der Waals surface area (Å²) in [5.41, 5.74) is 0. The van der Waals surface area contributed by atoms with Crippen molar-refractivity contribution < 1.29 is 4.74 Å². The number of pyridine rings is 1. The van der Waals surface area contributed by atoms with Gasteiger partial charge in [-0.05, 0) is 44.2 Å². The number of anilines is 1. The molecule has 0 aliphatic carbocycles. The van der Waals surface area contributed by atoms with Crippen molar-refractivity contribution in [2.75, 3.05) is 11.9 Å². The van der Waals surface area contributed by atoms with E-state index in [2.05, 4.69) is 32.2 Å². The fourth-order valence-corrected chi connectivity index (χ4v) is 2.17. The monoisotopic (exact) mass is 305 g/mol. The molecule has 0 radical (unpaired) electrons. The van der Waals surface area contributed by atoms with Crippen LogP contribution < -0.4 is 10.1 Å². The lowest BCUT2D eigenvalue weighted by Crippen LogP contribution is -2.12. The van der Waals surface area contributed by atoms with E-state index in [0.29, 0.717) is 17.1 Å². The zero-order valence-electron chi connectivity index (χ0n) is 12.4. The van der Waals surface area contributed by atoms with E-state index in [1.54, 1.807) is 6.20 Å². The molecule has 0 bridgehead atoms. The van der Waals surface area contributed by atoms with Crippen molar-refractivity contribution in [1.29, 1.82) is 0 Å². The van der Waals surface area contributed by atoms with E-state index in [-0.39, 0.29) is 6.10 Å². The molecule has 2 aromatic heterocycles. The predicted molar refractivity (Wildman–Crippen MR) is 82.7 cm³/mol. The summed E-state index contributed by atoms with van der Waals surface area (Å²) in [5.74, 6) is 0.529. The van der Waals surface area contributed by atoms with Crippen LogP contribution >= 0.6 is 11.8 Å². The third-order valence-corrected chi connectivity index (χ3v) is 3.12. The Balaban J connectivity index is 2.21. The highest BCUT2D eigenvalue weighted by molar-refractivity contribution is 7.99. The first-order chi connectivity index (χ1) is 10.2. The van der Waals surface area contributed by atoms with Crippen LogP contribution in [0.1, 0.15) is 27.2 Å². The van der Waals surface area contributed by atoms with Crippen molar-refractivity contribution >= 4 is 17.7 Å². The molecule has 0 amide bonds. The molecule has 0 saturated carbocycles. The second-order valence-corrected chi connectivity index (χ2v) is 5.58. The average molecular weight is 305 g/mol.